The van der Waals surface area contributed by atoms with Gasteiger partial charge in [-0.05, 0) is 142 Å². The summed E-state index contributed by atoms with van der Waals surface area (Å²) in [6.07, 6.45) is -9.88. The number of carbonyl (C=O) groups excluding carboxylic acids is 9. The zero-order chi connectivity index (χ0) is 72.6. The number of nitrogens with one attached hydrogen (secondary N) is 2. The summed E-state index contributed by atoms with van der Waals surface area (Å²) in [5.74, 6) is -11.6. The maximum Gasteiger partial charge on any atom is 0.316 e. The molecule has 4 N–H and O–H groups in total. The summed E-state index contributed by atoms with van der Waals surface area (Å²) < 4.78 is 74.2. The normalized spacial score (nSPS) is 41.6. The van der Waals surface area contributed by atoms with Crippen molar-refractivity contribution < 1.29 is 147 Å². The van der Waals surface area contributed by atoms with Gasteiger partial charge < -0.3 is 87.5 Å². The van der Waals surface area contributed by atoms with Crippen LogP contribution in [0.3, 0.4) is 0 Å². The predicted octanol–water partition coefficient (Wildman–Crippen LogP) is 4.12. The Morgan fingerprint density at radius 1 is 0.551 bits per heavy atom. The third kappa shape index (κ3) is 21.7. The Bertz CT molecular complexity index is 2580. The smallest absolute Gasteiger partial charge is 0.316 e. The van der Waals surface area contributed by atoms with Crippen molar-refractivity contribution in [3.05, 3.63) is 12.2 Å². The number of aliphatic hydroxyl groups is 2. The van der Waals surface area contributed by atoms with Crippen molar-refractivity contribution in [3.8, 4) is 0 Å². The van der Waals surface area contributed by atoms with E-state index < -0.39 is 192 Å². The molecular formula is C69H114N4O23V2. The summed E-state index contributed by atoms with van der Waals surface area (Å²) in [4.78, 5) is 125. The average Bonchev–Trinajstić information content (AvgIpc) is 1.17. The van der Waals surface area contributed by atoms with Crippen molar-refractivity contribution in [3.63, 3.8) is 0 Å². The van der Waals surface area contributed by atoms with Gasteiger partial charge in [-0.2, -0.15) is 0 Å². The first-order valence-electron chi connectivity index (χ1n) is 34.0. The first kappa shape index (κ1) is 88.5. The molecule has 8 saturated heterocycles. The van der Waals surface area contributed by atoms with E-state index in [1.165, 1.54) is 41.5 Å². The average molecular weight is 1470 g/mol. The van der Waals surface area contributed by atoms with Crippen LogP contribution in [0.2, 0.25) is 0 Å². The Labute approximate surface area is 603 Å². The van der Waals surface area contributed by atoms with Crippen LogP contribution in [0.1, 0.15) is 163 Å². The molecule has 98 heavy (non-hydrogen) atoms. The molecule has 558 valence electrons. The second-order valence-corrected chi connectivity index (χ2v) is 29.1. The minimum Gasteiger partial charge on any atom is -0.459 e. The van der Waals surface area contributed by atoms with Gasteiger partial charge >= 0.3 is 23.9 Å². The zero-order valence-electron chi connectivity index (χ0n) is 61.7. The molecular weight excluding hydrogens is 1350 g/mol. The Hall–Kier alpha value is -3.74. The fourth-order valence-electron chi connectivity index (χ4n) is 14.7. The van der Waals surface area contributed by atoms with Crippen molar-refractivity contribution in [1.82, 2.24) is 20.4 Å². The molecule has 8 rings (SSSR count). The maximum atomic E-state index is 14.2. The van der Waals surface area contributed by atoms with Gasteiger partial charge in [0.2, 0.25) is 11.8 Å². The number of hydrogen-bond acceptors (Lipinski definition) is 25. The third-order valence-electron chi connectivity index (χ3n) is 19.9. The van der Waals surface area contributed by atoms with Gasteiger partial charge in [0, 0.05) is 74.9 Å². The first-order valence-corrected chi connectivity index (χ1v) is 34.0. The molecule has 0 unspecified atom stereocenters. The summed E-state index contributed by atoms with van der Waals surface area (Å²) in [6.45, 7) is 32.1. The van der Waals surface area contributed by atoms with Crippen LogP contribution in [0.15, 0.2) is 12.2 Å². The van der Waals surface area contributed by atoms with Gasteiger partial charge in [-0.1, -0.05) is 48.1 Å². The van der Waals surface area contributed by atoms with Crippen molar-refractivity contribution in [2.75, 3.05) is 54.6 Å². The predicted molar refractivity (Wildman–Crippen MR) is 347 cm³/mol. The molecule has 8 heterocycles. The van der Waals surface area contributed by atoms with Crippen LogP contribution >= 0.6 is 0 Å². The van der Waals surface area contributed by atoms with Crippen LogP contribution < -0.4 is 10.6 Å². The van der Waals surface area contributed by atoms with E-state index in [0.29, 0.717) is 18.4 Å². The molecule has 4 bridgehead atoms. The second kappa shape index (κ2) is 37.1. The van der Waals surface area contributed by atoms with Crippen molar-refractivity contribution >= 4 is 53.0 Å². The van der Waals surface area contributed by atoms with Crippen LogP contribution in [-0.4, -0.2) is 248 Å². The SMILES string of the molecule is C=C1CO[C@@H]2[C@@H](C)C(=O)N[C@H](C)C[C@@](C)(OC1)[C@H](O[C@@H]1O[C@H](C)C[C@H](N(C)C)[C@H]1OC(C)=O)[C@@H](C)C(=O)[C@@H](C)C(=O)O[C@H](CC)[C@@]2(C)O.CC[C@H]1OC(=O)[C@H](C)C(=O)[C@H](C)[C@@H](O[C@@H]2O[C@H](C)C[C@H](N(C)C)[C@H]2OC(C)=O)[C@@]2(C)C[C@@H](C)NC(=O)[C@H](C)[C@@H](OCC(=O)CO2)[C@]1(C)O.[V].[V]. The number of nitrogens with zero attached hydrogens (tertiary/aromatic N) is 2. The molecule has 0 aromatic carbocycles. The van der Waals surface area contributed by atoms with E-state index in [1.807, 2.05) is 58.8 Å². The largest absolute Gasteiger partial charge is 0.459 e. The maximum absolute atomic E-state index is 14.2. The second-order valence-electron chi connectivity index (χ2n) is 29.1. The van der Waals surface area contributed by atoms with Crippen LogP contribution in [0.4, 0.5) is 0 Å². The Morgan fingerprint density at radius 2 is 0.898 bits per heavy atom. The van der Waals surface area contributed by atoms with Gasteiger partial charge in [0.25, 0.3) is 0 Å². The van der Waals surface area contributed by atoms with Gasteiger partial charge in [-0.3, -0.25) is 43.2 Å². The number of fused-ring (bicyclic) bond motifs is 30. The van der Waals surface area contributed by atoms with Gasteiger partial charge in [-0.25, -0.2) is 0 Å². The molecule has 26 atom stereocenters. The molecule has 0 spiro atoms. The Kier molecular flexibility index (Phi) is 33.5. The van der Waals surface area contributed by atoms with Gasteiger partial charge in [0.1, 0.15) is 60.7 Å². The monoisotopic (exact) mass is 1470 g/mol. The molecule has 0 aromatic rings. The van der Waals surface area contributed by atoms with Crippen LogP contribution in [0.25, 0.3) is 0 Å². The van der Waals surface area contributed by atoms with Crippen LogP contribution in [-0.2, 0) is 137 Å². The number of ether oxygens (including phenoxy) is 12. The Morgan fingerprint density at radius 3 is 1.23 bits per heavy atom. The van der Waals surface area contributed by atoms with E-state index in [9.17, 15) is 53.4 Å². The third-order valence-corrected chi connectivity index (χ3v) is 19.9. The molecule has 27 nitrogen and oxygen atoms in total. The van der Waals surface area contributed by atoms with Gasteiger partial charge in [-0.15, -0.1) is 0 Å². The van der Waals surface area contributed by atoms with Crippen LogP contribution in [0, 0.1) is 35.5 Å². The summed E-state index contributed by atoms with van der Waals surface area (Å²) in [7, 11) is 7.45. The summed E-state index contributed by atoms with van der Waals surface area (Å²) in [6, 6.07) is -1.67. The van der Waals surface area contributed by atoms with Crippen molar-refractivity contribution in [2.24, 2.45) is 35.5 Å². The molecule has 29 heteroatoms. The number of rotatable bonds is 10. The van der Waals surface area contributed by atoms with E-state index in [1.54, 1.807) is 62.3 Å². The van der Waals surface area contributed by atoms with Crippen molar-refractivity contribution in [2.45, 2.75) is 283 Å². The minimum absolute atomic E-state index is 0. The molecule has 2 amide bonds. The molecule has 0 saturated carbocycles. The number of carbonyl (C=O) groups is 9. The number of ketones is 3. The molecule has 8 aliphatic rings. The van der Waals surface area contributed by atoms with E-state index in [-0.39, 0.29) is 106 Å². The number of esters is 4. The molecule has 8 aliphatic heterocycles. The van der Waals surface area contributed by atoms with E-state index in [2.05, 4.69) is 17.2 Å². The number of likely N-dealkylation sites (N-methyl/N-ethyl adjacent to an activating group) is 2. The number of amides is 2. The fourth-order valence-corrected chi connectivity index (χ4v) is 14.7. The topological polar surface area (TPSA) is 335 Å². The number of Topliss-reactive ketones (excluding diaryl/α,β-unsaturated/α-hetero) is 3. The van der Waals surface area contributed by atoms with E-state index >= 15 is 0 Å². The zero-order valence-corrected chi connectivity index (χ0v) is 64.5. The first-order chi connectivity index (χ1) is 44.5. The Balaban J connectivity index is 0.000000500. The minimum atomic E-state index is -1.92. The summed E-state index contributed by atoms with van der Waals surface area (Å²) in [5, 5.41) is 29.6. The molecule has 0 aromatic heterocycles. The number of hydrogen-bond donors (Lipinski definition) is 4. The van der Waals surface area contributed by atoms with Gasteiger partial charge in [0.15, 0.2) is 42.1 Å². The standard InChI is InChI=1S/C35H58N2O11.C34H56N2O12.2V/c1-13-26-35(10,42)30-23(7)31(40)36-19(3)15-34(9,44-17-18(2)16-43-30)29(21(5)27(39)22(6)32(41)47-26)48-33-28(46-24(8)38)25(37(11)12)14-20(4)45-33;1-12-25-34(9,42)29-21(6)30(40)35-17(2)14-33(8,44-16-23(38)15-43-29)28(19(4)26(39)20(5)31(41)47-25)48-32-27(46-22(7)37)24(36(10)11)13-18(3)45-32;;/h19-23,25-26,28-30,33,42H,2,13-17H2,1,3-12H3,(H,36,40);17-21,24-25,27-29,32,42H,12-16H2,1-11H3,(H,35,40);;/t19-,20-,21+,22-,23-,25+,26-,28-,29-,30-,33+,34-,35-;17-,18-,19+,20-,21-,24+,25-,27-,28-,29-,32+,33-,34-;;/m11../s1. The summed E-state index contributed by atoms with van der Waals surface area (Å²) >= 11 is 0. The van der Waals surface area contributed by atoms with E-state index in [0.717, 1.165) is 0 Å². The molecule has 0 aliphatic carbocycles. The summed E-state index contributed by atoms with van der Waals surface area (Å²) in [5.41, 5.74) is -5.95. The van der Waals surface area contributed by atoms with Crippen LogP contribution in [0.5, 0.6) is 0 Å². The molecule has 2 radical (unpaired) electrons. The molecule has 8 fully saturated rings. The van der Waals surface area contributed by atoms with Crippen molar-refractivity contribution in [1.29, 1.82) is 0 Å². The quantitative estimate of drug-likeness (QED) is 0.103. The van der Waals surface area contributed by atoms with Gasteiger partial charge in [0.05, 0.1) is 72.8 Å². The fraction of sp³-hybridized carbons (Fsp3) is 0.841. The van der Waals surface area contributed by atoms with E-state index in [4.69, 9.17) is 56.8 Å².